The molecule has 0 aromatic carbocycles. The van der Waals surface area contributed by atoms with E-state index in [1.807, 2.05) is 12.3 Å². The van der Waals surface area contributed by atoms with Crippen LogP contribution >= 0.6 is 0 Å². The SMILES string of the molecule is CC(C)CCCC(C)NC(N)=NCCCCn1ccccc1=O. The molecule has 1 heterocycles. The zero-order valence-corrected chi connectivity index (χ0v) is 14.8. The average molecular weight is 320 g/mol. The van der Waals surface area contributed by atoms with Crippen LogP contribution in [-0.2, 0) is 6.54 Å². The van der Waals surface area contributed by atoms with Crippen molar-refractivity contribution in [1.29, 1.82) is 0 Å². The van der Waals surface area contributed by atoms with Gasteiger partial charge in [0, 0.05) is 31.4 Å². The van der Waals surface area contributed by atoms with E-state index in [9.17, 15) is 4.79 Å². The second kappa shape index (κ2) is 10.9. The number of aromatic nitrogens is 1. The first-order valence-corrected chi connectivity index (χ1v) is 8.71. The summed E-state index contributed by atoms with van der Waals surface area (Å²) in [6.07, 6.45) is 7.24. The van der Waals surface area contributed by atoms with Gasteiger partial charge in [0.05, 0.1) is 0 Å². The molecule has 0 aliphatic heterocycles. The standard InChI is InChI=1S/C18H32N4O/c1-15(2)9-8-10-16(3)21-18(19)20-12-5-7-14-22-13-6-4-11-17(22)23/h4,6,11,13,15-16H,5,7-10,12,14H2,1-3H3,(H3,19,20,21). The maximum absolute atomic E-state index is 11.5. The molecule has 1 aromatic heterocycles. The Bertz CT molecular complexity index is 522. The number of aryl methyl sites for hydroxylation is 1. The normalized spacial score (nSPS) is 13.3. The summed E-state index contributed by atoms with van der Waals surface area (Å²) in [6, 6.07) is 5.58. The summed E-state index contributed by atoms with van der Waals surface area (Å²) in [5.74, 6) is 1.28. The molecule has 0 radical (unpaired) electrons. The van der Waals surface area contributed by atoms with Crippen LogP contribution in [-0.4, -0.2) is 23.1 Å². The molecule has 5 nitrogen and oxygen atoms in total. The van der Waals surface area contributed by atoms with Crippen molar-refractivity contribution in [2.75, 3.05) is 6.54 Å². The van der Waals surface area contributed by atoms with Crippen molar-refractivity contribution >= 4 is 5.96 Å². The van der Waals surface area contributed by atoms with Gasteiger partial charge >= 0.3 is 0 Å². The number of nitrogens with zero attached hydrogens (tertiary/aromatic N) is 2. The lowest BCUT2D eigenvalue weighted by atomic mass is 10.0. The van der Waals surface area contributed by atoms with Crippen molar-refractivity contribution in [1.82, 2.24) is 9.88 Å². The minimum Gasteiger partial charge on any atom is -0.370 e. The first kappa shape index (κ1) is 19.3. The van der Waals surface area contributed by atoms with Crippen molar-refractivity contribution in [2.24, 2.45) is 16.6 Å². The molecule has 0 fully saturated rings. The van der Waals surface area contributed by atoms with Crippen LogP contribution in [0.1, 0.15) is 52.9 Å². The maximum atomic E-state index is 11.5. The van der Waals surface area contributed by atoms with Crippen molar-refractivity contribution in [2.45, 2.75) is 65.5 Å². The Morgan fingerprint density at radius 2 is 2.00 bits per heavy atom. The maximum Gasteiger partial charge on any atom is 0.250 e. The molecule has 0 aliphatic rings. The van der Waals surface area contributed by atoms with E-state index in [4.69, 9.17) is 5.73 Å². The van der Waals surface area contributed by atoms with Crippen LogP contribution in [0, 0.1) is 5.92 Å². The van der Waals surface area contributed by atoms with E-state index in [0.29, 0.717) is 18.5 Å². The van der Waals surface area contributed by atoms with E-state index in [-0.39, 0.29) is 5.56 Å². The van der Waals surface area contributed by atoms with Gasteiger partial charge in [-0.05, 0) is 38.2 Å². The topological polar surface area (TPSA) is 72.4 Å². The van der Waals surface area contributed by atoms with E-state index < -0.39 is 0 Å². The van der Waals surface area contributed by atoms with Gasteiger partial charge in [-0.15, -0.1) is 0 Å². The number of aliphatic imine (C=N–C) groups is 1. The third kappa shape index (κ3) is 9.06. The second-order valence-corrected chi connectivity index (χ2v) is 6.58. The number of rotatable bonds is 10. The summed E-state index contributed by atoms with van der Waals surface area (Å²) in [5.41, 5.74) is 5.96. The van der Waals surface area contributed by atoms with Crippen molar-refractivity contribution < 1.29 is 0 Å². The fourth-order valence-corrected chi connectivity index (χ4v) is 2.44. The summed E-state index contributed by atoms with van der Waals surface area (Å²) in [7, 11) is 0. The first-order valence-electron chi connectivity index (χ1n) is 8.71. The molecule has 23 heavy (non-hydrogen) atoms. The van der Waals surface area contributed by atoms with Crippen LogP contribution in [0.25, 0.3) is 0 Å². The highest BCUT2D eigenvalue weighted by Crippen LogP contribution is 2.07. The monoisotopic (exact) mass is 320 g/mol. The molecule has 1 aromatic rings. The predicted molar refractivity (Wildman–Crippen MR) is 97.7 cm³/mol. The Hall–Kier alpha value is -1.78. The largest absolute Gasteiger partial charge is 0.370 e. The van der Waals surface area contributed by atoms with Crippen LogP contribution < -0.4 is 16.6 Å². The van der Waals surface area contributed by atoms with Gasteiger partial charge in [-0.25, -0.2) is 0 Å². The molecule has 0 saturated heterocycles. The first-order chi connectivity index (χ1) is 11.0. The Labute approximate surface area is 140 Å². The zero-order valence-electron chi connectivity index (χ0n) is 14.8. The Morgan fingerprint density at radius 1 is 1.22 bits per heavy atom. The molecular formula is C18H32N4O. The second-order valence-electron chi connectivity index (χ2n) is 6.58. The Balaban J connectivity index is 2.16. The molecule has 5 heteroatoms. The highest BCUT2D eigenvalue weighted by molar-refractivity contribution is 5.78. The summed E-state index contributed by atoms with van der Waals surface area (Å²) in [4.78, 5) is 15.9. The quantitative estimate of drug-likeness (QED) is 0.395. The fourth-order valence-electron chi connectivity index (χ4n) is 2.44. The van der Waals surface area contributed by atoms with Gasteiger partial charge in [0.2, 0.25) is 5.56 Å². The fraction of sp³-hybridized carbons (Fsp3) is 0.667. The van der Waals surface area contributed by atoms with Crippen molar-refractivity contribution in [3.05, 3.63) is 34.7 Å². The molecular weight excluding hydrogens is 288 g/mol. The van der Waals surface area contributed by atoms with E-state index in [1.165, 1.54) is 12.8 Å². The molecule has 1 unspecified atom stereocenters. The molecule has 3 N–H and O–H groups in total. The van der Waals surface area contributed by atoms with Gasteiger partial charge in [0.15, 0.2) is 5.96 Å². The molecule has 130 valence electrons. The van der Waals surface area contributed by atoms with Crippen LogP contribution in [0.3, 0.4) is 0 Å². The molecule has 1 atom stereocenters. The predicted octanol–water partition coefficient (Wildman–Crippen LogP) is 2.75. The third-order valence-corrected chi connectivity index (χ3v) is 3.80. The van der Waals surface area contributed by atoms with E-state index in [2.05, 4.69) is 31.1 Å². The van der Waals surface area contributed by atoms with Gasteiger partial charge < -0.3 is 15.6 Å². The minimum absolute atomic E-state index is 0.0485. The van der Waals surface area contributed by atoms with Gasteiger partial charge in [-0.2, -0.15) is 0 Å². The van der Waals surface area contributed by atoms with Crippen molar-refractivity contribution in [3.63, 3.8) is 0 Å². The number of unbranched alkanes of at least 4 members (excludes halogenated alkanes) is 1. The van der Waals surface area contributed by atoms with Gasteiger partial charge in [0.1, 0.15) is 0 Å². The zero-order chi connectivity index (χ0) is 17.1. The summed E-state index contributed by atoms with van der Waals surface area (Å²) >= 11 is 0. The van der Waals surface area contributed by atoms with Gasteiger partial charge in [-0.1, -0.05) is 32.8 Å². The lowest BCUT2D eigenvalue weighted by molar-refractivity contribution is 0.493. The Kier molecular flexibility index (Phi) is 9.10. The van der Waals surface area contributed by atoms with E-state index in [1.54, 1.807) is 16.7 Å². The minimum atomic E-state index is 0.0485. The number of guanidine groups is 1. The van der Waals surface area contributed by atoms with E-state index >= 15 is 0 Å². The Morgan fingerprint density at radius 3 is 2.70 bits per heavy atom. The highest BCUT2D eigenvalue weighted by Gasteiger charge is 2.03. The molecule has 0 bridgehead atoms. The molecule has 0 aliphatic carbocycles. The average Bonchev–Trinajstić information content (AvgIpc) is 2.48. The lowest BCUT2D eigenvalue weighted by Gasteiger charge is -2.15. The smallest absolute Gasteiger partial charge is 0.250 e. The number of pyridine rings is 1. The summed E-state index contributed by atoms with van der Waals surface area (Å²) < 4.78 is 1.72. The van der Waals surface area contributed by atoms with E-state index in [0.717, 1.165) is 31.7 Å². The summed E-state index contributed by atoms with van der Waals surface area (Å²) in [6.45, 7) is 8.06. The molecule has 1 rings (SSSR count). The van der Waals surface area contributed by atoms with Crippen LogP contribution in [0.15, 0.2) is 34.2 Å². The van der Waals surface area contributed by atoms with Gasteiger partial charge in [0.25, 0.3) is 0 Å². The molecule has 0 amide bonds. The third-order valence-electron chi connectivity index (χ3n) is 3.80. The van der Waals surface area contributed by atoms with Crippen LogP contribution in [0.5, 0.6) is 0 Å². The lowest BCUT2D eigenvalue weighted by Crippen LogP contribution is -2.38. The number of hydrogen-bond acceptors (Lipinski definition) is 2. The molecule has 0 saturated carbocycles. The highest BCUT2D eigenvalue weighted by atomic mass is 16.1. The number of nitrogens with two attached hydrogens (primary N) is 1. The number of nitrogens with one attached hydrogen (secondary N) is 1. The summed E-state index contributed by atoms with van der Waals surface area (Å²) in [5, 5.41) is 3.24. The van der Waals surface area contributed by atoms with Crippen molar-refractivity contribution in [3.8, 4) is 0 Å². The molecule has 0 spiro atoms. The van der Waals surface area contributed by atoms with Crippen LogP contribution in [0.2, 0.25) is 0 Å². The number of hydrogen-bond donors (Lipinski definition) is 2. The van der Waals surface area contributed by atoms with Gasteiger partial charge in [-0.3, -0.25) is 9.79 Å². The van der Waals surface area contributed by atoms with Crippen LogP contribution in [0.4, 0.5) is 0 Å².